The predicted molar refractivity (Wildman–Crippen MR) is 137 cm³/mol. The molecule has 34 heavy (non-hydrogen) atoms. The smallest absolute Gasteiger partial charge is 0.247 e. The molecule has 1 aliphatic rings. The van der Waals surface area contributed by atoms with Gasteiger partial charge >= 0.3 is 0 Å². The van der Waals surface area contributed by atoms with Gasteiger partial charge in [-0.15, -0.1) is 0 Å². The van der Waals surface area contributed by atoms with E-state index in [-0.39, 0.29) is 25.7 Å². The fourth-order valence-electron chi connectivity index (χ4n) is 3.77. The Morgan fingerprint density at radius 3 is 2.56 bits per heavy atom. The summed E-state index contributed by atoms with van der Waals surface area (Å²) in [6.07, 6.45) is 0.179. The minimum absolute atomic E-state index is 0.139. The molecule has 0 bridgehead atoms. The van der Waals surface area contributed by atoms with Gasteiger partial charge in [-0.05, 0) is 65.3 Å². The lowest BCUT2D eigenvalue weighted by Gasteiger charge is -2.34. The quantitative estimate of drug-likeness (QED) is 0.271. The van der Waals surface area contributed by atoms with Gasteiger partial charge in [-0.1, -0.05) is 29.8 Å². The van der Waals surface area contributed by atoms with E-state index in [4.69, 9.17) is 14.6 Å². The standard InChI is InChI=1S/C25H31IN2O6/c1-15-3-5-16(6-4-15)13-28-20-11-18(25(32)27-7-8-29)12-21(23(20)31)34-24-19(26)9-17(14-30)10-22(24)33-2/h3-6,9-10,12,20-21,23,28-31H,7-8,11,13-14H2,1-2H3,(H,27,32). The van der Waals surface area contributed by atoms with Crippen molar-refractivity contribution in [2.45, 2.75) is 44.7 Å². The summed E-state index contributed by atoms with van der Waals surface area (Å²) in [5.41, 5.74) is 3.37. The van der Waals surface area contributed by atoms with Crippen molar-refractivity contribution >= 4 is 28.5 Å². The van der Waals surface area contributed by atoms with Crippen molar-refractivity contribution in [1.29, 1.82) is 0 Å². The number of hydrogen-bond donors (Lipinski definition) is 5. The van der Waals surface area contributed by atoms with Crippen molar-refractivity contribution in [2.24, 2.45) is 0 Å². The van der Waals surface area contributed by atoms with Crippen molar-refractivity contribution in [3.05, 3.63) is 68.3 Å². The highest BCUT2D eigenvalue weighted by Crippen LogP contribution is 2.36. The molecule has 1 amide bonds. The van der Waals surface area contributed by atoms with Gasteiger partial charge in [0.05, 0.1) is 23.9 Å². The van der Waals surface area contributed by atoms with Gasteiger partial charge < -0.3 is 35.4 Å². The monoisotopic (exact) mass is 582 g/mol. The van der Waals surface area contributed by atoms with Crippen molar-refractivity contribution in [3.8, 4) is 11.5 Å². The minimum Gasteiger partial charge on any atom is -0.493 e. The normalized spacial score (nSPS) is 19.9. The van der Waals surface area contributed by atoms with Crippen LogP contribution in [0, 0.1) is 10.5 Å². The SMILES string of the molecule is COc1cc(CO)cc(I)c1OC1C=C(C(=O)NCCO)CC(NCc2ccc(C)cc2)C1O. The van der Waals surface area contributed by atoms with E-state index in [1.165, 1.54) is 7.11 Å². The van der Waals surface area contributed by atoms with Gasteiger partial charge in [-0.25, -0.2) is 0 Å². The lowest BCUT2D eigenvalue weighted by Crippen LogP contribution is -2.51. The largest absolute Gasteiger partial charge is 0.493 e. The second-order valence-corrected chi connectivity index (χ2v) is 9.35. The number of hydrogen-bond acceptors (Lipinski definition) is 7. The average Bonchev–Trinajstić information content (AvgIpc) is 2.84. The van der Waals surface area contributed by atoms with Crippen LogP contribution in [0.2, 0.25) is 0 Å². The molecule has 0 fully saturated rings. The molecule has 0 aliphatic heterocycles. The summed E-state index contributed by atoms with van der Waals surface area (Å²) in [6.45, 7) is 2.38. The highest BCUT2D eigenvalue weighted by atomic mass is 127. The molecule has 0 radical (unpaired) electrons. The molecule has 0 spiro atoms. The molecule has 0 saturated carbocycles. The third-order valence-corrected chi connectivity index (χ3v) is 6.46. The number of methoxy groups -OCH3 is 1. The number of aryl methyl sites for hydroxylation is 1. The summed E-state index contributed by atoms with van der Waals surface area (Å²) in [7, 11) is 1.51. The number of benzene rings is 2. The molecule has 3 rings (SSSR count). The Labute approximate surface area is 213 Å². The Bertz CT molecular complexity index is 1010. The molecule has 184 valence electrons. The van der Waals surface area contributed by atoms with Crippen LogP contribution in [0.5, 0.6) is 11.5 Å². The first-order valence-corrected chi connectivity index (χ1v) is 12.1. The Morgan fingerprint density at radius 1 is 1.18 bits per heavy atom. The molecule has 2 aromatic rings. The Kier molecular flexibility index (Phi) is 9.72. The Balaban J connectivity index is 1.85. The third-order valence-electron chi connectivity index (χ3n) is 5.66. The number of halogens is 1. The number of amides is 1. The van der Waals surface area contributed by atoms with Gasteiger partial charge in [0.15, 0.2) is 11.5 Å². The molecule has 5 N–H and O–H groups in total. The second kappa shape index (κ2) is 12.5. The number of nitrogens with one attached hydrogen (secondary N) is 2. The van der Waals surface area contributed by atoms with Gasteiger partial charge in [0.1, 0.15) is 12.2 Å². The molecule has 0 saturated heterocycles. The lowest BCUT2D eigenvalue weighted by molar-refractivity contribution is -0.118. The summed E-state index contributed by atoms with van der Waals surface area (Å²) in [5, 5.41) is 35.7. The molecule has 3 atom stereocenters. The summed E-state index contributed by atoms with van der Waals surface area (Å²) in [4.78, 5) is 12.7. The van der Waals surface area contributed by atoms with Gasteiger partial charge in [0.25, 0.3) is 0 Å². The molecular weight excluding hydrogens is 551 g/mol. The van der Waals surface area contributed by atoms with E-state index in [0.29, 0.717) is 39.2 Å². The number of rotatable bonds is 10. The van der Waals surface area contributed by atoms with Crippen LogP contribution in [-0.2, 0) is 17.9 Å². The molecule has 3 unspecified atom stereocenters. The summed E-state index contributed by atoms with van der Waals surface area (Å²) < 4.78 is 12.4. The van der Waals surface area contributed by atoms with E-state index in [9.17, 15) is 15.0 Å². The van der Waals surface area contributed by atoms with Crippen molar-refractivity contribution in [3.63, 3.8) is 0 Å². The van der Waals surface area contributed by atoms with E-state index in [1.807, 2.05) is 31.2 Å². The first-order valence-electron chi connectivity index (χ1n) is 11.1. The zero-order chi connectivity index (χ0) is 24.7. The van der Waals surface area contributed by atoms with Gasteiger partial charge in [-0.2, -0.15) is 0 Å². The molecule has 1 aliphatic carbocycles. The minimum atomic E-state index is -0.933. The van der Waals surface area contributed by atoms with Crippen LogP contribution in [0.1, 0.15) is 23.1 Å². The Morgan fingerprint density at radius 2 is 1.91 bits per heavy atom. The van der Waals surface area contributed by atoms with E-state index >= 15 is 0 Å². The maximum Gasteiger partial charge on any atom is 0.247 e. The van der Waals surface area contributed by atoms with Gasteiger partial charge in [0, 0.05) is 24.7 Å². The highest BCUT2D eigenvalue weighted by Gasteiger charge is 2.36. The van der Waals surface area contributed by atoms with Crippen LogP contribution < -0.4 is 20.1 Å². The van der Waals surface area contributed by atoms with Gasteiger partial charge in [-0.3, -0.25) is 4.79 Å². The van der Waals surface area contributed by atoms with Crippen molar-refractivity contribution in [2.75, 3.05) is 20.3 Å². The fraction of sp³-hybridized carbons (Fsp3) is 0.400. The summed E-state index contributed by atoms with van der Waals surface area (Å²) in [5.74, 6) is 0.543. The average molecular weight is 582 g/mol. The first kappa shape index (κ1) is 26.4. The number of aliphatic hydroxyl groups excluding tert-OH is 3. The van der Waals surface area contributed by atoms with Crippen LogP contribution in [0.3, 0.4) is 0 Å². The second-order valence-electron chi connectivity index (χ2n) is 8.19. The molecule has 0 heterocycles. The summed E-state index contributed by atoms with van der Waals surface area (Å²) >= 11 is 2.09. The third kappa shape index (κ3) is 6.70. The number of aliphatic hydroxyl groups is 3. The lowest BCUT2D eigenvalue weighted by atomic mass is 9.89. The molecule has 2 aromatic carbocycles. The molecule has 8 nitrogen and oxygen atoms in total. The van der Waals surface area contributed by atoms with Crippen molar-refractivity contribution in [1.82, 2.24) is 10.6 Å². The van der Waals surface area contributed by atoms with Gasteiger partial charge in [0.2, 0.25) is 5.91 Å². The number of carbonyl (C=O) groups excluding carboxylic acids is 1. The van der Waals surface area contributed by atoms with Crippen LogP contribution in [0.25, 0.3) is 0 Å². The zero-order valence-electron chi connectivity index (χ0n) is 19.3. The predicted octanol–water partition coefficient (Wildman–Crippen LogP) is 1.81. The maximum absolute atomic E-state index is 12.7. The number of carbonyl (C=O) groups is 1. The first-order chi connectivity index (χ1) is 16.4. The zero-order valence-corrected chi connectivity index (χ0v) is 21.4. The summed E-state index contributed by atoms with van der Waals surface area (Å²) in [6, 6.07) is 11.1. The maximum atomic E-state index is 12.7. The highest BCUT2D eigenvalue weighted by molar-refractivity contribution is 14.1. The molecular formula is C25H31IN2O6. The van der Waals surface area contributed by atoms with E-state index in [1.54, 1.807) is 18.2 Å². The Hall–Kier alpha value is -2.18. The molecule has 0 aromatic heterocycles. The van der Waals surface area contributed by atoms with Crippen LogP contribution in [-0.4, -0.2) is 59.7 Å². The molecule has 9 heteroatoms. The van der Waals surface area contributed by atoms with Crippen molar-refractivity contribution < 1.29 is 29.6 Å². The number of ether oxygens (including phenoxy) is 2. The van der Waals surface area contributed by atoms with E-state index in [2.05, 4.69) is 33.2 Å². The van der Waals surface area contributed by atoms with E-state index < -0.39 is 18.2 Å². The van der Waals surface area contributed by atoms with Crippen LogP contribution >= 0.6 is 22.6 Å². The van der Waals surface area contributed by atoms with Crippen LogP contribution in [0.15, 0.2) is 48.0 Å². The van der Waals surface area contributed by atoms with Crippen LogP contribution in [0.4, 0.5) is 0 Å². The topological polar surface area (TPSA) is 120 Å². The van der Waals surface area contributed by atoms with E-state index in [0.717, 1.165) is 11.1 Å². The fourth-order valence-corrected chi connectivity index (χ4v) is 4.56.